The van der Waals surface area contributed by atoms with Crippen LogP contribution in [0.5, 0.6) is 5.75 Å². The molecule has 0 saturated heterocycles. The zero-order chi connectivity index (χ0) is 24.8. The number of hydrogen-bond donors (Lipinski definition) is 1. The Balaban J connectivity index is 1.37. The SMILES string of the molecule is Cc1c(COC2CCC(NC(=O)OC(C)(C)C)CC2)nc2ccccc2c1OCc1ccccc1. The Morgan fingerprint density at radius 2 is 1.66 bits per heavy atom. The number of ether oxygens (including phenoxy) is 3. The summed E-state index contributed by atoms with van der Waals surface area (Å²) in [7, 11) is 0. The van der Waals surface area contributed by atoms with Crippen molar-refractivity contribution in [2.45, 2.75) is 84.3 Å². The van der Waals surface area contributed by atoms with Gasteiger partial charge in [-0.2, -0.15) is 0 Å². The molecule has 1 amide bonds. The Kier molecular flexibility index (Phi) is 7.91. The molecular formula is C29H36N2O4. The molecule has 1 aliphatic carbocycles. The largest absolute Gasteiger partial charge is 0.488 e. The summed E-state index contributed by atoms with van der Waals surface area (Å²) in [4.78, 5) is 16.9. The number of benzene rings is 2. The molecule has 0 bridgehead atoms. The van der Waals surface area contributed by atoms with E-state index in [-0.39, 0.29) is 18.2 Å². The van der Waals surface area contributed by atoms with Crippen molar-refractivity contribution in [3.8, 4) is 5.75 Å². The number of rotatable bonds is 7. The lowest BCUT2D eigenvalue weighted by Gasteiger charge is -2.30. The van der Waals surface area contributed by atoms with Gasteiger partial charge >= 0.3 is 6.09 Å². The van der Waals surface area contributed by atoms with Gasteiger partial charge in [-0.05, 0) is 71.1 Å². The van der Waals surface area contributed by atoms with E-state index in [4.69, 9.17) is 19.2 Å². The molecule has 0 aliphatic heterocycles. The van der Waals surface area contributed by atoms with Crippen LogP contribution < -0.4 is 10.1 Å². The van der Waals surface area contributed by atoms with Gasteiger partial charge in [-0.1, -0.05) is 42.5 Å². The molecule has 1 saturated carbocycles. The van der Waals surface area contributed by atoms with Crippen LogP contribution >= 0.6 is 0 Å². The Hall–Kier alpha value is -3.12. The minimum absolute atomic E-state index is 0.128. The molecule has 0 spiro atoms. The van der Waals surface area contributed by atoms with Gasteiger partial charge in [-0.15, -0.1) is 0 Å². The van der Waals surface area contributed by atoms with Gasteiger partial charge in [0.1, 0.15) is 18.0 Å². The van der Waals surface area contributed by atoms with Crippen molar-refractivity contribution in [2.24, 2.45) is 0 Å². The normalized spacial score (nSPS) is 18.3. The number of alkyl carbamates (subject to hydrolysis) is 1. The molecular weight excluding hydrogens is 440 g/mol. The minimum Gasteiger partial charge on any atom is -0.488 e. The van der Waals surface area contributed by atoms with E-state index in [1.807, 2.05) is 57.2 Å². The summed E-state index contributed by atoms with van der Waals surface area (Å²) in [5.74, 6) is 0.864. The number of carbonyl (C=O) groups is 1. The Morgan fingerprint density at radius 3 is 2.37 bits per heavy atom. The molecule has 1 N–H and O–H groups in total. The number of hydrogen-bond acceptors (Lipinski definition) is 5. The molecule has 2 aromatic carbocycles. The third-order valence-electron chi connectivity index (χ3n) is 6.25. The predicted octanol–water partition coefficient (Wildman–Crippen LogP) is 6.47. The zero-order valence-corrected chi connectivity index (χ0v) is 21.2. The van der Waals surface area contributed by atoms with Gasteiger partial charge in [0.05, 0.1) is 23.9 Å². The topological polar surface area (TPSA) is 69.7 Å². The van der Waals surface area contributed by atoms with E-state index >= 15 is 0 Å². The van der Waals surface area contributed by atoms with Crippen LogP contribution in [0.1, 0.15) is 63.3 Å². The van der Waals surface area contributed by atoms with Crippen molar-refractivity contribution < 1.29 is 19.0 Å². The van der Waals surface area contributed by atoms with Crippen molar-refractivity contribution in [3.05, 3.63) is 71.4 Å². The highest BCUT2D eigenvalue weighted by Gasteiger charge is 2.25. The van der Waals surface area contributed by atoms with E-state index in [9.17, 15) is 4.79 Å². The molecule has 6 heteroatoms. The van der Waals surface area contributed by atoms with Gasteiger partial charge in [-0.3, -0.25) is 0 Å². The van der Waals surface area contributed by atoms with E-state index in [1.54, 1.807) is 0 Å². The number of fused-ring (bicyclic) bond motifs is 1. The fourth-order valence-electron chi connectivity index (χ4n) is 4.43. The first-order valence-corrected chi connectivity index (χ1v) is 12.4. The third kappa shape index (κ3) is 6.95. The van der Waals surface area contributed by atoms with Crippen LogP contribution in [0.15, 0.2) is 54.6 Å². The summed E-state index contributed by atoms with van der Waals surface area (Å²) in [5, 5.41) is 4.00. The Bertz CT molecular complexity index is 1130. The van der Waals surface area contributed by atoms with Gasteiger partial charge in [0.15, 0.2) is 0 Å². The number of aromatic nitrogens is 1. The lowest BCUT2D eigenvalue weighted by molar-refractivity contribution is 0.00681. The molecule has 1 heterocycles. The van der Waals surface area contributed by atoms with E-state index in [1.165, 1.54) is 0 Å². The summed E-state index contributed by atoms with van der Waals surface area (Å²) >= 11 is 0. The average Bonchev–Trinajstić information content (AvgIpc) is 2.82. The molecule has 1 aliphatic rings. The van der Waals surface area contributed by atoms with Crippen LogP contribution in [0, 0.1) is 6.92 Å². The molecule has 0 radical (unpaired) electrons. The van der Waals surface area contributed by atoms with Crippen molar-refractivity contribution in [1.82, 2.24) is 10.3 Å². The predicted molar refractivity (Wildman–Crippen MR) is 137 cm³/mol. The number of amides is 1. The van der Waals surface area contributed by atoms with Crippen LogP contribution in [0.4, 0.5) is 4.79 Å². The third-order valence-corrected chi connectivity index (χ3v) is 6.25. The molecule has 6 nitrogen and oxygen atoms in total. The number of para-hydroxylation sites is 1. The van der Waals surface area contributed by atoms with E-state index in [2.05, 4.69) is 30.4 Å². The molecule has 0 unspecified atom stereocenters. The highest BCUT2D eigenvalue weighted by molar-refractivity contribution is 5.86. The van der Waals surface area contributed by atoms with Crippen LogP contribution in [0.3, 0.4) is 0 Å². The van der Waals surface area contributed by atoms with Gasteiger partial charge < -0.3 is 19.5 Å². The van der Waals surface area contributed by atoms with Crippen LogP contribution in [0.25, 0.3) is 10.9 Å². The summed E-state index contributed by atoms with van der Waals surface area (Å²) in [6.07, 6.45) is 3.34. The van der Waals surface area contributed by atoms with Crippen molar-refractivity contribution in [2.75, 3.05) is 0 Å². The first-order chi connectivity index (χ1) is 16.8. The van der Waals surface area contributed by atoms with E-state index in [0.717, 1.165) is 59.2 Å². The molecule has 1 aromatic heterocycles. The lowest BCUT2D eigenvalue weighted by atomic mass is 9.93. The Labute approximate surface area is 208 Å². The highest BCUT2D eigenvalue weighted by Crippen LogP contribution is 2.32. The summed E-state index contributed by atoms with van der Waals surface area (Å²) in [6.45, 7) is 8.62. The average molecular weight is 477 g/mol. The molecule has 35 heavy (non-hydrogen) atoms. The molecule has 0 atom stereocenters. The summed E-state index contributed by atoms with van der Waals surface area (Å²) in [5.41, 5.74) is 3.46. The van der Waals surface area contributed by atoms with Gasteiger partial charge in [0.25, 0.3) is 0 Å². The van der Waals surface area contributed by atoms with Crippen molar-refractivity contribution >= 4 is 17.0 Å². The second-order valence-electron chi connectivity index (χ2n) is 10.2. The Morgan fingerprint density at radius 1 is 0.971 bits per heavy atom. The summed E-state index contributed by atoms with van der Waals surface area (Å²) in [6, 6.07) is 18.4. The smallest absolute Gasteiger partial charge is 0.407 e. The number of pyridine rings is 1. The highest BCUT2D eigenvalue weighted by atomic mass is 16.6. The lowest BCUT2D eigenvalue weighted by Crippen LogP contribution is -2.41. The van der Waals surface area contributed by atoms with E-state index < -0.39 is 5.60 Å². The van der Waals surface area contributed by atoms with Crippen LogP contribution in [-0.2, 0) is 22.7 Å². The van der Waals surface area contributed by atoms with Gasteiger partial charge in [0, 0.05) is 17.0 Å². The standard InChI is InChI=1S/C29H36N2O4/c1-20-26(19-33-23-16-14-22(15-17-23)30-28(32)35-29(2,3)4)31-25-13-9-8-12-24(25)27(20)34-18-21-10-6-5-7-11-21/h5-13,22-23H,14-19H2,1-4H3,(H,30,32). The fourth-order valence-corrected chi connectivity index (χ4v) is 4.43. The second kappa shape index (κ2) is 11.1. The van der Waals surface area contributed by atoms with Gasteiger partial charge in [-0.25, -0.2) is 9.78 Å². The van der Waals surface area contributed by atoms with Crippen LogP contribution in [-0.4, -0.2) is 28.8 Å². The molecule has 4 rings (SSSR count). The monoisotopic (exact) mass is 476 g/mol. The first kappa shape index (κ1) is 25.0. The molecule has 1 fully saturated rings. The van der Waals surface area contributed by atoms with Crippen LogP contribution in [0.2, 0.25) is 0 Å². The quantitative estimate of drug-likeness (QED) is 0.423. The first-order valence-electron chi connectivity index (χ1n) is 12.4. The van der Waals surface area contributed by atoms with Crippen molar-refractivity contribution in [3.63, 3.8) is 0 Å². The fraction of sp³-hybridized carbons (Fsp3) is 0.448. The maximum Gasteiger partial charge on any atom is 0.407 e. The second-order valence-corrected chi connectivity index (χ2v) is 10.2. The number of carbonyl (C=O) groups excluding carboxylic acids is 1. The maximum absolute atomic E-state index is 12.1. The molecule has 186 valence electrons. The van der Waals surface area contributed by atoms with Crippen molar-refractivity contribution in [1.29, 1.82) is 0 Å². The van der Waals surface area contributed by atoms with E-state index in [0.29, 0.717) is 13.2 Å². The zero-order valence-electron chi connectivity index (χ0n) is 21.2. The number of nitrogens with zero attached hydrogens (tertiary/aromatic N) is 1. The minimum atomic E-state index is -0.487. The van der Waals surface area contributed by atoms with Gasteiger partial charge in [0.2, 0.25) is 0 Å². The number of nitrogens with one attached hydrogen (secondary N) is 1. The summed E-state index contributed by atoms with van der Waals surface area (Å²) < 4.78 is 18.0. The molecule has 3 aromatic rings. The maximum atomic E-state index is 12.1.